The van der Waals surface area contributed by atoms with E-state index in [9.17, 15) is 13.2 Å². The quantitative estimate of drug-likeness (QED) is 0.870. The number of fused-ring (bicyclic) bond motifs is 1. The molecule has 0 unspecified atom stereocenters. The van der Waals surface area contributed by atoms with Crippen LogP contribution in [0.3, 0.4) is 0 Å². The molecule has 9 heteroatoms. The number of aromatic nitrogens is 3. The van der Waals surface area contributed by atoms with E-state index in [-0.39, 0.29) is 16.8 Å². The minimum absolute atomic E-state index is 0.0599. The molecule has 1 amide bonds. The van der Waals surface area contributed by atoms with Crippen molar-refractivity contribution < 1.29 is 13.2 Å². The highest BCUT2D eigenvalue weighted by molar-refractivity contribution is 7.89. The number of carbonyl (C=O) groups excluding carboxylic acids is 1. The summed E-state index contributed by atoms with van der Waals surface area (Å²) in [6.45, 7) is 4.79. The summed E-state index contributed by atoms with van der Waals surface area (Å²) in [6.07, 6.45) is 2.25. The number of nitrogens with two attached hydrogens (primary N) is 1. The van der Waals surface area contributed by atoms with Crippen LogP contribution in [-0.4, -0.2) is 40.5 Å². The average molecular weight is 375 g/mol. The second kappa shape index (κ2) is 5.88. The fourth-order valence-corrected chi connectivity index (χ4v) is 3.88. The number of hydrogen-bond donors (Lipinski definition) is 1. The fraction of sp³-hybridized carbons (Fsp3) is 0.471. The normalized spacial score (nSPS) is 20.1. The molecule has 1 aromatic heterocycles. The predicted molar refractivity (Wildman–Crippen MR) is 94.0 cm³/mol. The molecule has 1 aromatic carbocycles. The van der Waals surface area contributed by atoms with Gasteiger partial charge in [0.2, 0.25) is 10.0 Å². The van der Waals surface area contributed by atoms with E-state index in [1.165, 1.54) is 12.1 Å². The first-order valence-electron chi connectivity index (χ1n) is 8.65. The number of nitrogens with zero attached hydrogens (tertiary/aromatic N) is 4. The maximum atomic E-state index is 13.1. The third-order valence-electron chi connectivity index (χ3n) is 5.08. The Balaban J connectivity index is 1.66. The van der Waals surface area contributed by atoms with Crippen LogP contribution in [0.15, 0.2) is 23.1 Å². The Labute approximate surface area is 152 Å². The molecular weight excluding hydrogens is 354 g/mol. The maximum absolute atomic E-state index is 13.1. The first kappa shape index (κ1) is 17.2. The molecule has 26 heavy (non-hydrogen) atoms. The summed E-state index contributed by atoms with van der Waals surface area (Å²) >= 11 is 0. The molecular formula is C17H21N5O3S. The molecule has 0 spiro atoms. The molecule has 1 aliphatic carbocycles. The van der Waals surface area contributed by atoms with Crippen molar-refractivity contribution in [2.24, 2.45) is 5.14 Å². The minimum Gasteiger partial charge on any atom is -0.327 e. The number of hydrogen-bond acceptors (Lipinski definition) is 5. The van der Waals surface area contributed by atoms with E-state index in [0.717, 1.165) is 24.5 Å². The zero-order chi connectivity index (χ0) is 18.6. The van der Waals surface area contributed by atoms with Gasteiger partial charge in [-0.05, 0) is 44.4 Å². The Morgan fingerprint density at radius 2 is 2.00 bits per heavy atom. The second-order valence-electron chi connectivity index (χ2n) is 7.02. The standard InChI is InChI=1S/C17H21N5O3S/c1-10-3-6-13(26(18,24)25)9-14(10)17(23)21-7-8-22-16(11(21)2)19-15(20-22)12-4-5-12/h3,6,9,11-12H,4-5,7-8H2,1-2H3,(H2,18,24,25)/t11-/m1/s1. The summed E-state index contributed by atoms with van der Waals surface area (Å²) in [5.41, 5.74) is 1.05. The van der Waals surface area contributed by atoms with Gasteiger partial charge in [-0.2, -0.15) is 5.10 Å². The zero-order valence-corrected chi connectivity index (χ0v) is 15.5. The van der Waals surface area contributed by atoms with Crippen LogP contribution < -0.4 is 5.14 Å². The van der Waals surface area contributed by atoms with Gasteiger partial charge in [0, 0.05) is 18.0 Å². The van der Waals surface area contributed by atoms with Crippen molar-refractivity contribution in [3.05, 3.63) is 41.0 Å². The Bertz CT molecular complexity index is 994. The molecule has 138 valence electrons. The molecule has 1 aliphatic heterocycles. The lowest BCUT2D eigenvalue weighted by Gasteiger charge is -2.33. The van der Waals surface area contributed by atoms with E-state index in [4.69, 9.17) is 5.14 Å². The van der Waals surface area contributed by atoms with E-state index in [1.807, 2.05) is 11.6 Å². The number of primary sulfonamides is 1. The highest BCUT2D eigenvalue weighted by Gasteiger charge is 2.35. The van der Waals surface area contributed by atoms with Gasteiger partial charge in [-0.3, -0.25) is 4.79 Å². The van der Waals surface area contributed by atoms with Gasteiger partial charge in [-0.25, -0.2) is 23.2 Å². The topological polar surface area (TPSA) is 111 Å². The van der Waals surface area contributed by atoms with Gasteiger partial charge in [0.1, 0.15) is 5.82 Å². The van der Waals surface area contributed by atoms with Crippen LogP contribution in [0.4, 0.5) is 0 Å². The second-order valence-corrected chi connectivity index (χ2v) is 8.58. The molecule has 1 atom stereocenters. The Morgan fingerprint density at radius 1 is 1.27 bits per heavy atom. The third kappa shape index (κ3) is 2.90. The minimum atomic E-state index is -3.86. The van der Waals surface area contributed by atoms with Gasteiger partial charge < -0.3 is 4.90 Å². The highest BCUT2D eigenvalue weighted by Crippen LogP contribution is 2.39. The van der Waals surface area contributed by atoms with Crippen LogP contribution in [0.2, 0.25) is 0 Å². The van der Waals surface area contributed by atoms with E-state index < -0.39 is 10.0 Å². The largest absolute Gasteiger partial charge is 0.327 e. The van der Waals surface area contributed by atoms with Gasteiger partial charge in [0.25, 0.3) is 5.91 Å². The van der Waals surface area contributed by atoms with Crippen molar-refractivity contribution in [1.82, 2.24) is 19.7 Å². The number of carbonyl (C=O) groups is 1. The number of sulfonamides is 1. The van der Waals surface area contributed by atoms with Gasteiger partial charge in [-0.15, -0.1) is 0 Å². The Hall–Kier alpha value is -2.26. The van der Waals surface area contributed by atoms with Gasteiger partial charge in [0.15, 0.2) is 5.82 Å². The summed E-state index contributed by atoms with van der Waals surface area (Å²) < 4.78 is 25.1. The van der Waals surface area contributed by atoms with E-state index in [0.29, 0.717) is 30.1 Å². The first-order chi connectivity index (χ1) is 12.3. The fourth-order valence-electron chi connectivity index (χ4n) is 3.34. The summed E-state index contributed by atoms with van der Waals surface area (Å²) in [5, 5.41) is 9.77. The molecule has 4 rings (SSSR count). The smallest absolute Gasteiger partial charge is 0.254 e. The van der Waals surface area contributed by atoms with Gasteiger partial charge in [0.05, 0.1) is 17.5 Å². The summed E-state index contributed by atoms with van der Waals surface area (Å²) in [5.74, 6) is 1.89. The Morgan fingerprint density at radius 3 is 2.65 bits per heavy atom. The van der Waals surface area contributed by atoms with Crippen molar-refractivity contribution in [3.8, 4) is 0 Å². The third-order valence-corrected chi connectivity index (χ3v) is 5.99. The van der Waals surface area contributed by atoms with Crippen molar-refractivity contribution in [2.45, 2.75) is 50.1 Å². The highest BCUT2D eigenvalue weighted by atomic mass is 32.2. The molecule has 2 aromatic rings. The van der Waals surface area contributed by atoms with Crippen LogP contribution in [0.1, 0.15) is 59.3 Å². The van der Waals surface area contributed by atoms with Gasteiger partial charge >= 0.3 is 0 Å². The lowest BCUT2D eigenvalue weighted by Crippen LogP contribution is -2.41. The lowest BCUT2D eigenvalue weighted by atomic mass is 10.1. The molecule has 0 saturated heterocycles. The summed E-state index contributed by atoms with van der Waals surface area (Å²) in [7, 11) is -3.86. The molecule has 1 saturated carbocycles. The number of aryl methyl sites for hydroxylation is 1. The number of rotatable bonds is 3. The molecule has 2 heterocycles. The van der Waals surface area contributed by atoms with Crippen molar-refractivity contribution in [3.63, 3.8) is 0 Å². The zero-order valence-electron chi connectivity index (χ0n) is 14.7. The molecule has 8 nitrogen and oxygen atoms in total. The van der Waals surface area contributed by atoms with Crippen LogP contribution in [0, 0.1) is 6.92 Å². The average Bonchev–Trinajstić information content (AvgIpc) is 3.33. The first-order valence-corrected chi connectivity index (χ1v) is 10.2. The van der Waals surface area contributed by atoms with E-state index >= 15 is 0 Å². The molecule has 0 bridgehead atoms. The summed E-state index contributed by atoms with van der Waals surface area (Å²) in [6, 6.07) is 4.15. The predicted octanol–water partition coefficient (Wildman–Crippen LogP) is 1.33. The van der Waals surface area contributed by atoms with E-state index in [2.05, 4.69) is 10.1 Å². The number of benzene rings is 1. The van der Waals surface area contributed by atoms with Crippen molar-refractivity contribution in [1.29, 1.82) is 0 Å². The Kier molecular flexibility index (Phi) is 3.89. The molecule has 1 fully saturated rings. The van der Waals surface area contributed by atoms with Crippen molar-refractivity contribution >= 4 is 15.9 Å². The SMILES string of the molecule is Cc1ccc(S(N)(=O)=O)cc1C(=O)N1CCn2nc(C3CC3)nc2[C@H]1C. The monoisotopic (exact) mass is 375 g/mol. The van der Waals surface area contributed by atoms with Crippen molar-refractivity contribution in [2.75, 3.05) is 6.54 Å². The van der Waals surface area contributed by atoms with Crippen LogP contribution in [0.25, 0.3) is 0 Å². The maximum Gasteiger partial charge on any atom is 0.254 e. The summed E-state index contributed by atoms with van der Waals surface area (Å²) in [4.78, 5) is 19.4. The van der Waals surface area contributed by atoms with Crippen LogP contribution >= 0.6 is 0 Å². The van der Waals surface area contributed by atoms with Crippen LogP contribution in [-0.2, 0) is 16.6 Å². The lowest BCUT2D eigenvalue weighted by molar-refractivity contribution is 0.0629. The van der Waals surface area contributed by atoms with E-state index in [1.54, 1.807) is 17.9 Å². The number of amides is 1. The molecule has 2 aliphatic rings. The molecule has 2 N–H and O–H groups in total. The molecule has 0 radical (unpaired) electrons. The van der Waals surface area contributed by atoms with Crippen LogP contribution in [0.5, 0.6) is 0 Å². The van der Waals surface area contributed by atoms with Gasteiger partial charge in [-0.1, -0.05) is 6.07 Å².